The number of allylic oxidation sites excluding steroid dienone is 5. The lowest BCUT2D eigenvalue weighted by molar-refractivity contribution is 0.884. The van der Waals surface area contributed by atoms with E-state index in [1.807, 2.05) is 30.4 Å². The molecule has 1 atom stereocenters. The van der Waals surface area contributed by atoms with Gasteiger partial charge in [0.2, 0.25) is 0 Å². The van der Waals surface area contributed by atoms with E-state index in [-0.39, 0.29) is 0 Å². The molecule has 0 aliphatic heterocycles. The second kappa shape index (κ2) is 4.08. The molecule has 15 heavy (non-hydrogen) atoms. The van der Waals surface area contributed by atoms with Gasteiger partial charge in [0.15, 0.2) is 0 Å². The lowest BCUT2D eigenvalue weighted by Gasteiger charge is -2.23. The van der Waals surface area contributed by atoms with E-state index in [0.29, 0.717) is 0 Å². The molecule has 0 radical (unpaired) electrons. The first-order chi connectivity index (χ1) is 7.23. The maximum Gasteiger partial charge on any atom is 0.0847 e. The van der Waals surface area contributed by atoms with Gasteiger partial charge in [0.25, 0.3) is 0 Å². The van der Waals surface area contributed by atoms with E-state index in [2.05, 4.69) is 24.8 Å². The fraction of sp³-hybridized carbons (Fsp3) is 0.143. The zero-order valence-electron chi connectivity index (χ0n) is 8.49. The fourth-order valence-corrected chi connectivity index (χ4v) is 1.94. The van der Waals surface area contributed by atoms with Gasteiger partial charge in [-0.2, -0.15) is 0 Å². The summed E-state index contributed by atoms with van der Waals surface area (Å²) in [6, 6.07) is 10.3. The smallest absolute Gasteiger partial charge is 0.0847 e. The molecular formula is C14H13Cl. The molecular weight excluding hydrogens is 204 g/mol. The molecule has 0 heterocycles. The van der Waals surface area contributed by atoms with E-state index >= 15 is 0 Å². The van der Waals surface area contributed by atoms with Crippen LogP contribution in [-0.4, -0.2) is 4.87 Å². The molecule has 2 rings (SSSR count). The molecule has 0 nitrogen and oxygen atoms in total. The van der Waals surface area contributed by atoms with Crippen molar-refractivity contribution in [2.75, 3.05) is 0 Å². The summed E-state index contributed by atoms with van der Waals surface area (Å²) in [6.07, 6.45) is 8.69. The highest BCUT2D eigenvalue weighted by atomic mass is 35.5. The first kappa shape index (κ1) is 10.3. The number of hydrogen-bond donors (Lipinski definition) is 0. The van der Waals surface area contributed by atoms with Gasteiger partial charge in [-0.05, 0) is 17.6 Å². The molecule has 0 bridgehead atoms. The van der Waals surface area contributed by atoms with Crippen molar-refractivity contribution in [2.45, 2.75) is 11.3 Å². The van der Waals surface area contributed by atoms with Crippen molar-refractivity contribution >= 4 is 17.2 Å². The molecule has 1 aromatic carbocycles. The van der Waals surface area contributed by atoms with Gasteiger partial charge in [0.05, 0.1) is 4.87 Å². The Morgan fingerprint density at radius 3 is 2.67 bits per heavy atom. The summed E-state index contributed by atoms with van der Waals surface area (Å²) in [5.41, 5.74) is 2.49. The normalized spacial score (nSPS) is 24.7. The van der Waals surface area contributed by atoms with Crippen LogP contribution in [0.25, 0.3) is 5.57 Å². The van der Waals surface area contributed by atoms with Crippen LogP contribution in [0.1, 0.15) is 12.0 Å². The first-order valence-electron chi connectivity index (χ1n) is 5.00. The third-order valence-corrected chi connectivity index (χ3v) is 3.03. The Labute approximate surface area is 95.6 Å². The lowest BCUT2D eigenvalue weighted by atomic mass is 9.89. The third-order valence-electron chi connectivity index (χ3n) is 2.62. The standard InChI is InChI=1S/C14H13Cl/c1-2-14(15)10-6-9-13(11-14)12-7-4-3-5-8-12/h2-10H,1,11H2. The number of alkyl halides is 1. The predicted molar refractivity (Wildman–Crippen MR) is 67.0 cm³/mol. The van der Waals surface area contributed by atoms with Crippen molar-refractivity contribution in [3.63, 3.8) is 0 Å². The van der Waals surface area contributed by atoms with E-state index in [9.17, 15) is 0 Å². The molecule has 0 aromatic heterocycles. The van der Waals surface area contributed by atoms with Crippen LogP contribution in [0, 0.1) is 0 Å². The molecule has 1 unspecified atom stereocenters. The van der Waals surface area contributed by atoms with Gasteiger partial charge in [-0.15, -0.1) is 18.2 Å². The van der Waals surface area contributed by atoms with Crippen molar-refractivity contribution in [3.8, 4) is 0 Å². The summed E-state index contributed by atoms with van der Waals surface area (Å²) in [4.78, 5) is -0.417. The molecule has 0 spiro atoms. The average Bonchev–Trinajstić information content (AvgIpc) is 2.30. The van der Waals surface area contributed by atoms with E-state index in [1.54, 1.807) is 6.08 Å². The van der Waals surface area contributed by atoms with Gasteiger partial charge in [-0.1, -0.05) is 54.6 Å². The molecule has 1 aliphatic carbocycles. The minimum Gasteiger partial charge on any atom is -0.110 e. The summed E-state index contributed by atoms with van der Waals surface area (Å²) in [7, 11) is 0. The van der Waals surface area contributed by atoms with Gasteiger partial charge in [-0.3, -0.25) is 0 Å². The molecule has 0 N–H and O–H groups in total. The van der Waals surface area contributed by atoms with E-state index < -0.39 is 4.87 Å². The van der Waals surface area contributed by atoms with E-state index in [4.69, 9.17) is 11.6 Å². The Kier molecular flexibility index (Phi) is 2.79. The third kappa shape index (κ3) is 2.21. The monoisotopic (exact) mass is 216 g/mol. The quantitative estimate of drug-likeness (QED) is 0.514. The molecule has 0 saturated heterocycles. The van der Waals surface area contributed by atoms with Crippen molar-refractivity contribution in [1.82, 2.24) is 0 Å². The molecule has 1 heteroatoms. The van der Waals surface area contributed by atoms with Crippen molar-refractivity contribution in [3.05, 3.63) is 66.8 Å². The molecule has 1 aliphatic rings. The van der Waals surface area contributed by atoms with Gasteiger partial charge in [0.1, 0.15) is 0 Å². The second-order valence-corrected chi connectivity index (χ2v) is 4.43. The predicted octanol–water partition coefficient (Wildman–Crippen LogP) is 4.19. The van der Waals surface area contributed by atoms with Gasteiger partial charge < -0.3 is 0 Å². The Hall–Kier alpha value is -1.27. The molecule has 0 amide bonds. The van der Waals surface area contributed by atoms with E-state index in [0.717, 1.165) is 6.42 Å². The largest absolute Gasteiger partial charge is 0.110 e. The van der Waals surface area contributed by atoms with E-state index in [1.165, 1.54) is 11.1 Å². The maximum absolute atomic E-state index is 6.36. The number of hydrogen-bond acceptors (Lipinski definition) is 0. The SMILES string of the molecule is C=CC1(Cl)C=CC=C(c2ccccc2)C1. The minimum atomic E-state index is -0.417. The van der Waals surface area contributed by atoms with Crippen molar-refractivity contribution in [1.29, 1.82) is 0 Å². The Bertz CT molecular complexity index is 414. The van der Waals surface area contributed by atoms with Crippen molar-refractivity contribution in [2.24, 2.45) is 0 Å². The number of halogens is 1. The van der Waals surface area contributed by atoms with Gasteiger partial charge in [-0.25, -0.2) is 0 Å². The van der Waals surface area contributed by atoms with Crippen LogP contribution in [-0.2, 0) is 0 Å². The molecule has 0 saturated carbocycles. The van der Waals surface area contributed by atoms with Crippen LogP contribution in [0.15, 0.2) is 61.2 Å². The van der Waals surface area contributed by atoms with Crippen LogP contribution in [0.5, 0.6) is 0 Å². The topological polar surface area (TPSA) is 0 Å². The van der Waals surface area contributed by atoms with Crippen LogP contribution in [0.2, 0.25) is 0 Å². The van der Waals surface area contributed by atoms with Gasteiger partial charge >= 0.3 is 0 Å². The Balaban J connectivity index is 2.30. The first-order valence-corrected chi connectivity index (χ1v) is 5.38. The fourth-order valence-electron chi connectivity index (χ4n) is 1.72. The summed E-state index contributed by atoms with van der Waals surface area (Å²) >= 11 is 6.36. The number of benzene rings is 1. The molecule has 76 valence electrons. The Morgan fingerprint density at radius 1 is 1.27 bits per heavy atom. The molecule has 1 aromatic rings. The van der Waals surface area contributed by atoms with Crippen LogP contribution >= 0.6 is 11.6 Å². The maximum atomic E-state index is 6.36. The summed E-state index contributed by atoms with van der Waals surface area (Å²) < 4.78 is 0. The summed E-state index contributed by atoms with van der Waals surface area (Å²) in [5, 5.41) is 0. The van der Waals surface area contributed by atoms with Crippen LogP contribution < -0.4 is 0 Å². The summed E-state index contributed by atoms with van der Waals surface area (Å²) in [6.45, 7) is 3.77. The minimum absolute atomic E-state index is 0.417. The van der Waals surface area contributed by atoms with Gasteiger partial charge in [0, 0.05) is 0 Å². The summed E-state index contributed by atoms with van der Waals surface area (Å²) in [5.74, 6) is 0. The molecule has 0 fully saturated rings. The highest BCUT2D eigenvalue weighted by Crippen LogP contribution is 2.35. The highest BCUT2D eigenvalue weighted by Gasteiger charge is 2.23. The zero-order chi connectivity index (χ0) is 10.7. The van der Waals surface area contributed by atoms with Crippen molar-refractivity contribution < 1.29 is 0 Å². The lowest BCUT2D eigenvalue weighted by Crippen LogP contribution is -2.16. The Morgan fingerprint density at radius 2 is 2.00 bits per heavy atom. The van der Waals surface area contributed by atoms with Crippen LogP contribution in [0.3, 0.4) is 0 Å². The second-order valence-electron chi connectivity index (χ2n) is 3.72. The van der Waals surface area contributed by atoms with Crippen LogP contribution in [0.4, 0.5) is 0 Å². The highest BCUT2D eigenvalue weighted by molar-refractivity contribution is 6.27. The number of rotatable bonds is 2. The average molecular weight is 217 g/mol. The zero-order valence-corrected chi connectivity index (χ0v) is 9.24.